The summed E-state index contributed by atoms with van der Waals surface area (Å²) in [5.74, 6) is -1.57. The molecule has 0 fully saturated rings. The van der Waals surface area contributed by atoms with Crippen LogP contribution in [-0.4, -0.2) is 24.3 Å². The number of ether oxygens (including phenoxy) is 1. The molecule has 2 aromatic rings. The summed E-state index contributed by atoms with van der Waals surface area (Å²) in [6.45, 7) is 2.33. The average molecular weight is 469 g/mol. The van der Waals surface area contributed by atoms with Gasteiger partial charge in [-0.15, -0.1) is 0 Å². The maximum atomic E-state index is 12.9. The molecule has 7 heteroatoms. The lowest BCUT2D eigenvalue weighted by Gasteiger charge is -2.23. The molecule has 2 N–H and O–H groups in total. The van der Waals surface area contributed by atoms with E-state index < -0.39 is 12.0 Å². The maximum absolute atomic E-state index is 12.9. The van der Waals surface area contributed by atoms with Crippen LogP contribution >= 0.6 is 11.6 Å². The summed E-state index contributed by atoms with van der Waals surface area (Å²) in [4.78, 5) is 37.9. The second kappa shape index (κ2) is 12.2. The minimum atomic E-state index is -0.590. The zero-order valence-electron chi connectivity index (χ0n) is 18.6. The van der Waals surface area contributed by atoms with E-state index in [9.17, 15) is 14.4 Å². The third kappa shape index (κ3) is 7.75. The Hall–Kier alpha value is -3.12. The van der Waals surface area contributed by atoms with Gasteiger partial charge in [0, 0.05) is 18.0 Å². The standard InChI is InChI=1S/C26H29ClN2O4/c1-18-7-5-6-10-21(15-24(30)28-16-19-11-13-22(27)14-12-19)25(31)29-17-23(33-26(18)32)20-8-3-2-4-9-20/h2-6,8-9,11-14,18,21,23H,7,10,15-17H2,1H3,(H,28,30)(H,29,31)/b6-5-/t18-,21-,23-/m0/s1. The number of carbonyl (C=O) groups excluding carboxylic acids is 3. The van der Waals surface area contributed by atoms with E-state index in [2.05, 4.69) is 10.6 Å². The highest BCUT2D eigenvalue weighted by Crippen LogP contribution is 2.21. The van der Waals surface area contributed by atoms with Gasteiger partial charge in [-0.3, -0.25) is 14.4 Å². The number of benzene rings is 2. The SMILES string of the molecule is C[C@H]1C/C=C\C[C@@H](CC(=O)NCc2ccc(Cl)cc2)C(=O)NC[C@@H](c2ccccc2)OC1=O. The van der Waals surface area contributed by atoms with Crippen LogP contribution < -0.4 is 10.6 Å². The Balaban J connectivity index is 1.66. The second-order valence-corrected chi connectivity index (χ2v) is 8.67. The number of allylic oxidation sites excluding steroid dienone is 2. The number of carbonyl (C=O) groups is 3. The van der Waals surface area contributed by atoms with Crippen LogP contribution in [0.2, 0.25) is 5.02 Å². The molecule has 2 amide bonds. The molecular weight excluding hydrogens is 440 g/mol. The second-order valence-electron chi connectivity index (χ2n) is 8.23. The summed E-state index contributed by atoms with van der Waals surface area (Å²) in [6, 6.07) is 16.6. The minimum absolute atomic E-state index is 0.0646. The predicted molar refractivity (Wildman–Crippen MR) is 127 cm³/mol. The number of amides is 2. The van der Waals surface area contributed by atoms with Crippen molar-refractivity contribution in [3.63, 3.8) is 0 Å². The molecule has 0 aromatic heterocycles. The molecule has 0 aliphatic carbocycles. The van der Waals surface area contributed by atoms with Gasteiger partial charge in [-0.2, -0.15) is 0 Å². The van der Waals surface area contributed by atoms with E-state index in [1.165, 1.54) is 0 Å². The number of nitrogens with one attached hydrogen (secondary N) is 2. The van der Waals surface area contributed by atoms with Gasteiger partial charge in [0.1, 0.15) is 6.10 Å². The lowest BCUT2D eigenvalue weighted by Crippen LogP contribution is -2.38. The van der Waals surface area contributed by atoms with E-state index in [-0.39, 0.29) is 36.7 Å². The van der Waals surface area contributed by atoms with Crippen LogP contribution in [0.3, 0.4) is 0 Å². The first-order valence-corrected chi connectivity index (χ1v) is 11.5. The number of hydrogen-bond donors (Lipinski definition) is 2. The first-order chi connectivity index (χ1) is 15.9. The van der Waals surface area contributed by atoms with Gasteiger partial charge in [-0.25, -0.2) is 0 Å². The van der Waals surface area contributed by atoms with Crippen molar-refractivity contribution in [1.29, 1.82) is 0 Å². The molecule has 33 heavy (non-hydrogen) atoms. The summed E-state index contributed by atoms with van der Waals surface area (Å²) < 4.78 is 5.71. The Morgan fingerprint density at radius 2 is 1.76 bits per heavy atom. The molecule has 0 radical (unpaired) electrons. The zero-order valence-corrected chi connectivity index (χ0v) is 19.4. The van der Waals surface area contributed by atoms with Crippen molar-refractivity contribution in [2.24, 2.45) is 11.8 Å². The molecule has 3 rings (SSSR count). The first-order valence-electron chi connectivity index (χ1n) is 11.1. The quantitative estimate of drug-likeness (QED) is 0.504. The molecule has 0 spiro atoms. The van der Waals surface area contributed by atoms with Crippen LogP contribution in [0.25, 0.3) is 0 Å². The molecule has 0 saturated heterocycles. The Morgan fingerprint density at radius 1 is 1.06 bits per heavy atom. The number of esters is 1. The summed E-state index contributed by atoms with van der Waals surface area (Å²) in [6.07, 6.45) is 4.13. The molecular formula is C26H29ClN2O4. The third-order valence-electron chi connectivity index (χ3n) is 5.58. The number of halogens is 1. The van der Waals surface area contributed by atoms with Gasteiger partial charge in [-0.05, 0) is 36.1 Å². The fourth-order valence-electron chi connectivity index (χ4n) is 3.53. The Labute approximate surface area is 199 Å². The topological polar surface area (TPSA) is 84.5 Å². The van der Waals surface area contributed by atoms with Gasteiger partial charge < -0.3 is 15.4 Å². The van der Waals surface area contributed by atoms with Crippen LogP contribution in [0, 0.1) is 11.8 Å². The Kier molecular flexibility index (Phi) is 9.07. The van der Waals surface area contributed by atoms with Crippen molar-refractivity contribution >= 4 is 29.4 Å². The fraction of sp³-hybridized carbons (Fsp3) is 0.346. The molecule has 2 aromatic carbocycles. The molecule has 174 valence electrons. The highest BCUT2D eigenvalue weighted by molar-refractivity contribution is 6.30. The molecule has 0 unspecified atom stereocenters. The van der Waals surface area contributed by atoms with Crippen molar-refractivity contribution in [1.82, 2.24) is 10.6 Å². The van der Waals surface area contributed by atoms with Gasteiger partial charge in [-0.1, -0.05) is 73.1 Å². The van der Waals surface area contributed by atoms with Crippen LogP contribution in [0.5, 0.6) is 0 Å². The molecule has 1 heterocycles. The summed E-state index contributed by atoms with van der Waals surface area (Å²) >= 11 is 5.90. The van der Waals surface area contributed by atoms with Crippen molar-refractivity contribution < 1.29 is 19.1 Å². The van der Waals surface area contributed by atoms with Crippen LogP contribution in [0.15, 0.2) is 66.7 Å². The molecule has 6 nitrogen and oxygen atoms in total. The van der Waals surface area contributed by atoms with Crippen LogP contribution in [0.4, 0.5) is 0 Å². The minimum Gasteiger partial charge on any atom is -0.455 e. The van der Waals surface area contributed by atoms with E-state index in [1.54, 1.807) is 12.1 Å². The maximum Gasteiger partial charge on any atom is 0.309 e. The number of rotatable bonds is 5. The van der Waals surface area contributed by atoms with Crippen molar-refractivity contribution in [3.05, 3.63) is 82.9 Å². The molecule has 3 atom stereocenters. The molecule has 0 saturated carbocycles. The monoisotopic (exact) mass is 468 g/mol. The molecule has 0 bridgehead atoms. The van der Waals surface area contributed by atoms with Gasteiger partial charge in [0.15, 0.2) is 0 Å². The summed E-state index contributed by atoms with van der Waals surface area (Å²) in [5.41, 5.74) is 1.74. The number of cyclic esters (lactones) is 1. The summed E-state index contributed by atoms with van der Waals surface area (Å²) in [7, 11) is 0. The highest BCUT2D eigenvalue weighted by atomic mass is 35.5. The van der Waals surface area contributed by atoms with Gasteiger partial charge in [0.25, 0.3) is 0 Å². The van der Waals surface area contributed by atoms with Crippen molar-refractivity contribution in [2.45, 2.75) is 38.8 Å². The van der Waals surface area contributed by atoms with E-state index in [1.807, 2.05) is 61.5 Å². The fourth-order valence-corrected chi connectivity index (χ4v) is 3.65. The third-order valence-corrected chi connectivity index (χ3v) is 5.83. The van der Waals surface area contributed by atoms with Gasteiger partial charge in [0.05, 0.1) is 18.4 Å². The van der Waals surface area contributed by atoms with Gasteiger partial charge >= 0.3 is 5.97 Å². The summed E-state index contributed by atoms with van der Waals surface area (Å²) in [5, 5.41) is 6.37. The molecule has 1 aliphatic heterocycles. The Morgan fingerprint density at radius 3 is 2.48 bits per heavy atom. The highest BCUT2D eigenvalue weighted by Gasteiger charge is 2.25. The lowest BCUT2D eigenvalue weighted by molar-refractivity contribution is -0.154. The van der Waals surface area contributed by atoms with Crippen LogP contribution in [0.1, 0.15) is 43.4 Å². The van der Waals surface area contributed by atoms with E-state index >= 15 is 0 Å². The van der Waals surface area contributed by atoms with E-state index in [0.29, 0.717) is 24.4 Å². The smallest absolute Gasteiger partial charge is 0.309 e. The number of hydrogen-bond acceptors (Lipinski definition) is 4. The van der Waals surface area contributed by atoms with Crippen LogP contribution in [-0.2, 0) is 25.7 Å². The molecule has 1 aliphatic rings. The first kappa shape index (κ1) is 24.5. The van der Waals surface area contributed by atoms with E-state index in [0.717, 1.165) is 11.1 Å². The lowest BCUT2D eigenvalue weighted by atomic mass is 9.97. The van der Waals surface area contributed by atoms with E-state index in [4.69, 9.17) is 16.3 Å². The zero-order chi connectivity index (χ0) is 23.6. The predicted octanol–water partition coefficient (Wildman–Crippen LogP) is 4.35. The average Bonchev–Trinajstić information content (AvgIpc) is 2.82. The van der Waals surface area contributed by atoms with Gasteiger partial charge in [0.2, 0.25) is 11.8 Å². The van der Waals surface area contributed by atoms with Crippen molar-refractivity contribution in [3.8, 4) is 0 Å². The largest absolute Gasteiger partial charge is 0.455 e. The van der Waals surface area contributed by atoms with Crippen molar-refractivity contribution in [2.75, 3.05) is 6.54 Å². The Bertz CT molecular complexity index is 976. The normalized spacial score (nSPS) is 22.8.